The SMILES string of the molecule is COc1ccccc1C1CC(=O)Nc2c1cnn2-c1ccccc1. The van der Waals surface area contributed by atoms with Gasteiger partial charge in [0, 0.05) is 23.5 Å². The molecule has 1 amide bonds. The Morgan fingerprint density at radius 1 is 1.08 bits per heavy atom. The zero-order valence-electron chi connectivity index (χ0n) is 13.3. The summed E-state index contributed by atoms with van der Waals surface area (Å²) in [6.07, 6.45) is 2.22. The summed E-state index contributed by atoms with van der Waals surface area (Å²) in [6.45, 7) is 0. The molecule has 0 saturated heterocycles. The minimum absolute atomic E-state index is 0.0175. The van der Waals surface area contributed by atoms with Crippen molar-refractivity contribution in [2.24, 2.45) is 0 Å². The molecule has 1 aromatic heterocycles. The van der Waals surface area contributed by atoms with E-state index in [9.17, 15) is 4.79 Å². The first-order valence-electron chi connectivity index (χ1n) is 7.84. The maximum Gasteiger partial charge on any atom is 0.226 e. The molecule has 1 unspecified atom stereocenters. The Balaban J connectivity index is 1.84. The van der Waals surface area contributed by atoms with Gasteiger partial charge in [0.25, 0.3) is 0 Å². The molecule has 0 aliphatic carbocycles. The first-order chi connectivity index (χ1) is 11.8. The normalized spacial score (nSPS) is 16.4. The summed E-state index contributed by atoms with van der Waals surface area (Å²) in [5.74, 6) is 1.43. The Labute approximate surface area is 139 Å². The second-order valence-corrected chi connectivity index (χ2v) is 5.74. The number of nitrogens with one attached hydrogen (secondary N) is 1. The fourth-order valence-corrected chi connectivity index (χ4v) is 3.22. The number of rotatable bonds is 3. The van der Waals surface area contributed by atoms with Crippen LogP contribution in [0.1, 0.15) is 23.5 Å². The summed E-state index contributed by atoms with van der Waals surface area (Å²) in [6, 6.07) is 17.6. The van der Waals surface area contributed by atoms with E-state index < -0.39 is 0 Å². The summed E-state index contributed by atoms with van der Waals surface area (Å²) >= 11 is 0. The fraction of sp³-hybridized carbons (Fsp3) is 0.158. The van der Waals surface area contributed by atoms with Gasteiger partial charge in [-0.15, -0.1) is 0 Å². The van der Waals surface area contributed by atoms with Gasteiger partial charge in [-0.25, -0.2) is 4.68 Å². The summed E-state index contributed by atoms with van der Waals surface area (Å²) in [7, 11) is 1.65. The molecule has 0 bridgehead atoms. The number of anilines is 1. The second kappa shape index (κ2) is 5.85. The van der Waals surface area contributed by atoms with Crippen LogP contribution >= 0.6 is 0 Å². The van der Waals surface area contributed by atoms with Gasteiger partial charge in [0.1, 0.15) is 11.6 Å². The third-order valence-corrected chi connectivity index (χ3v) is 4.34. The van der Waals surface area contributed by atoms with Crippen LogP contribution in [0.15, 0.2) is 60.8 Å². The number of hydrogen-bond acceptors (Lipinski definition) is 3. The lowest BCUT2D eigenvalue weighted by atomic mass is 9.87. The second-order valence-electron chi connectivity index (χ2n) is 5.74. The van der Waals surface area contributed by atoms with E-state index in [-0.39, 0.29) is 11.8 Å². The summed E-state index contributed by atoms with van der Waals surface area (Å²) < 4.78 is 7.25. The summed E-state index contributed by atoms with van der Waals surface area (Å²) in [4.78, 5) is 12.3. The van der Waals surface area contributed by atoms with Crippen LogP contribution in [0.5, 0.6) is 5.75 Å². The predicted octanol–water partition coefficient (Wildman–Crippen LogP) is 3.36. The Hall–Kier alpha value is -3.08. The van der Waals surface area contributed by atoms with Crippen LogP contribution in [-0.2, 0) is 4.79 Å². The number of carbonyl (C=O) groups excluding carboxylic acids is 1. The summed E-state index contributed by atoms with van der Waals surface area (Å²) in [5, 5.41) is 7.46. The predicted molar refractivity (Wildman–Crippen MR) is 91.6 cm³/mol. The molecule has 2 heterocycles. The quantitative estimate of drug-likeness (QED) is 0.805. The largest absolute Gasteiger partial charge is 0.496 e. The van der Waals surface area contributed by atoms with Gasteiger partial charge in [-0.1, -0.05) is 36.4 Å². The molecule has 0 spiro atoms. The molecule has 4 rings (SSSR count). The zero-order valence-corrected chi connectivity index (χ0v) is 13.3. The molecule has 1 atom stereocenters. The van der Waals surface area contributed by atoms with Gasteiger partial charge in [-0.3, -0.25) is 4.79 Å². The van der Waals surface area contributed by atoms with Gasteiger partial charge < -0.3 is 10.1 Å². The van der Waals surface area contributed by atoms with E-state index in [4.69, 9.17) is 4.74 Å². The molecule has 0 fully saturated rings. The number of fused-ring (bicyclic) bond motifs is 1. The molecule has 5 nitrogen and oxygen atoms in total. The van der Waals surface area contributed by atoms with E-state index in [1.54, 1.807) is 11.8 Å². The van der Waals surface area contributed by atoms with Gasteiger partial charge in [-0.2, -0.15) is 5.10 Å². The Bertz CT molecular complexity index is 887. The maximum absolute atomic E-state index is 12.3. The number of nitrogens with zero attached hydrogens (tertiary/aromatic N) is 2. The minimum atomic E-state index is -0.0673. The van der Waals surface area contributed by atoms with Crippen molar-refractivity contribution >= 4 is 11.7 Å². The molecule has 1 N–H and O–H groups in total. The number of carbonyl (C=O) groups is 1. The van der Waals surface area contributed by atoms with Gasteiger partial charge in [0.15, 0.2) is 0 Å². The number of para-hydroxylation sites is 2. The molecule has 24 heavy (non-hydrogen) atoms. The van der Waals surface area contributed by atoms with Gasteiger partial charge in [0.05, 0.1) is 19.0 Å². The average molecular weight is 319 g/mol. The van der Waals surface area contributed by atoms with E-state index in [0.717, 1.165) is 28.4 Å². The van der Waals surface area contributed by atoms with Crippen LogP contribution in [0.4, 0.5) is 5.82 Å². The van der Waals surface area contributed by atoms with E-state index in [2.05, 4.69) is 10.4 Å². The number of aromatic nitrogens is 2. The standard InChI is InChI=1S/C19H17N3O2/c1-24-17-10-6-5-9-14(17)15-11-18(23)21-19-16(15)12-20-22(19)13-7-3-2-4-8-13/h2-10,12,15H,11H2,1H3,(H,21,23). The average Bonchev–Trinajstić information content (AvgIpc) is 3.05. The molecular weight excluding hydrogens is 302 g/mol. The molecule has 0 radical (unpaired) electrons. The van der Waals surface area contributed by atoms with E-state index in [0.29, 0.717) is 6.42 Å². The van der Waals surface area contributed by atoms with Gasteiger partial charge >= 0.3 is 0 Å². The van der Waals surface area contributed by atoms with Gasteiger partial charge in [0.2, 0.25) is 5.91 Å². The first kappa shape index (κ1) is 14.5. The van der Waals surface area contributed by atoms with Crippen molar-refractivity contribution in [3.8, 4) is 11.4 Å². The number of hydrogen-bond donors (Lipinski definition) is 1. The maximum atomic E-state index is 12.3. The number of amides is 1. The third-order valence-electron chi connectivity index (χ3n) is 4.34. The van der Waals surface area contributed by atoms with Crippen molar-refractivity contribution in [2.45, 2.75) is 12.3 Å². The lowest BCUT2D eigenvalue weighted by Crippen LogP contribution is -2.24. The van der Waals surface area contributed by atoms with Crippen molar-refractivity contribution in [1.29, 1.82) is 0 Å². The Morgan fingerprint density at radius 3 is 2.62 bits per heavy atom. The van der Waals surface area contributed by atoms with Gasteiger partial charge in [-0.05, 0) is 18.2 Å². The number of methoxy groups -OCH3 is 1. The third kappa shape index (κ3) is 2.34. The lowest BCUT2D eigenvalue weighted by Gasteiger charge is -2.25. The number of benzene rings is 2. The van der Waals surface area contributed by atoms with Crippen LogP contribution in [0.2, 0.25) is 0 Å². The van der Waals surface area contributed by atoms with Crippen LogP contribution in [0, 0.1) is 0 Å². The fourth-order valence-electron chi connectivity index (χ4n) is 3.22. The topological polar surface area (TPSA) is 56.1 Å². The highest BCUT2D eigenvalue weighted by atomic mass is 16.5. The van der Waals surface area contributed by atoms with Crippen LogP contribution < -0.4 is 10.1 Å². The molecule has 5 heteroatoms. The Morgan fingerprint density at radius 2 is 1.83 bits per heavy atom. The van der Waals surface area contributed by atoms with Crippen molar-refractivity contribution < 1.29 is 9.53 Å². The van der Waals surface area contributed by atoms with E-state index >= 15 is 0 Å². The smallest absolute Gasteiger partial charge is 0.226 e. The summed E-state index contributed by atoms with van der Waals surface area (Å²) in [5.41, 5.74) is 2.92. The molecular formula is C19H17N3O2. The number of ether oxygens (including phenoxy) is 1. The van der Waals surface area contributed by atoms with Crippen molar-refractivity contribution in [3.05, 3.63) is 71.9 Å². The van der Waals surface area contributed by atoms with Crippen LogP contribution in [0.25, 0.3) is 5.69 Å². The highest BCUT2D eigenvalue weighted by Crippen LogP contribution is 2.41. The zero-order chi connectivity index (χ0) is 16.5. The highest BCUT2D eigenvalue weighted by molar-refractivity contribution is 5.94. The molecule has 0 saturated carbocycles. The minimum Gasteiger partial charge on any atom is -0.496 e. The van der Waals surface area contributed by atoms with Crippen molar-refractivity contribution in [3.63, 3.8) is 0 Å². The highest BCUT2D eigenvalue weighted by Gasteiger charge is 2.31. The monoisotopic (exact) mass is 319 g/mol. The molecule has 120 valence electrons. The first-order valence-corrected chi connectivity index (χ1v) is 7.84. The van der Waals surface area contributed by atoms with Crippen molar-refractivity contribution in [2.75, 3.05) is 12.4 Å². The molecule has 3 aromatic rings. The van der Waals surface area contributed by atoms with Crippen LogP contribution in [0.3, 0.4) is 0 Å². The Kier molecular flexibility index (Phi) is 3.54. The van der Waals surface area contributed by atoms with Crippen LogP contribution in [-0.4, -0.2) is 22.8 Å². The van der Waals surface area contributed by atoms with Crippen molar-refractivity contribution in [1.82, 2.24) is 9.78 Å². The molecule has 1 aliphatic heterocycles. The van der Waals surface area contributed by atoms with E-state index in [1.807, 2.05) is 60.8 Å². The van der Waals surface area contributed by atoms with E-state index in [1.165, 1.54) is 0 Å². The lowest BCUT2D eigenvalue weighted by molar-refractivity contribution is -0.116. The molecule has 2 aromatic carbocycles. The molecule has 1 aliphatic rings.